The standard InChI is InChI=1S/C11H21N3O3S2.ClH/c15-11(10-2-1-3-12-10)13-4-9-19(16,17)14-5-7-18-8-6-14;/h10,12H,1-9H2,(H,13,15);1H. The van der Waals surface area contributed by atoms with Gasteiger partial charge in [0.1, 0.15) is 0 Å². The third kappa shape index (κ3) is 5.07. The topological polar surface area (TPSA) is 78.5 Å². The SMILES string of the molecule is Cl.O=C(NCCS(=O)(=O)N1CCSCC1)C1CCCN1. The molecule has 0 radical (unpaired) electrons. The molecule has 9 heteroatoms. The van der Waals surface area contributed by atoms with E-state index in [1.54, 1.807) is 11.8 Å². The van der Waals surface area contributed by atoms with Crippen LogP contribution in [0.15, 0.2) is 0 Å². The molecular weight excluding hydrogens is 322 g/mol. The highest BCUT2D eigenvalue weighted by Crippen LogP contribution is 2.13. The summed E-state index contributed by atoms with van der Waals surface area (Å²) in [5.74, 6) is 1.63. The lowest BCUT2D eigenvalue weighted by atomic mass is 10.2. The maximum Gasteiger partial charge on any atom is 0.237 e. The molecule has 0 aromatic heterocycles. The molecule has 2 fully saturated rings. The van der Waals surface area contributed by atoms with Crippen LogP contribution in [0.1, 0.15) is 12.8 Å². The molecule has 2 N–H and O–H groups in total. The second kappa shape index (κ2) is 8.43. The second-order valence-corrected chi connectivity index (χ2v) is 8.08. The fourth-order valence-electron chi connectivity index (χ4n) is 2.29. The van der Waals surface area contributed by atoms with Crippen molar-refractivity contribution in [2.24, 2.45) is 0 Å². The largest absolute Gasteiger partial charge is 0.354 e. The van der Waals surface area contributed by atoms with Gasteiger partial charge < -0.3 is 10.6 Å². The maximum atomic E-state index is 12.0. The van der Waals surface area contributed by atoms with Crippen molar-refractivity contribution in [1.82, 2.24) is 14.9 Å². The number of nitrogens with zero attached hydrogens (tertiary/aromatic N) is 1. The van der Waals surface area contributed by atoms with E-state index in [0.717, 1.165) is 30.9 Å². The molecule has 2 aliphatic heterocycles. The third-order valence-corrected chi connectivity index (χ3v) is 6.21. The monoisotopic (exact) mass is 343 g/mol. The number of thioether (sulfide) groups is 1. The van der Waals surface area contributed by atoms with Crippen LogP contribution in [-0.2, 0) is 14.8 Å². The van der Waals surface area contributed by atoms with Gasteiger partial charge in [0.25, 0.3) is 0 Å². The Morgan fingerprint density at radius 3 is 2.65 bits per heavy atom. The Labute approximate surface area is 130 Å². The van der Waals surface area contributed by atoms with Crippen LogP contribution in [0.25, 0.3) is 0 Å². The van der Waals surface area contributed by atoms with Crippen LogP contribution in [0.5, 0.6) is 0 Å². The summed E-state index contributed by atoms with van der Waals surface area (Å²) in [4.78, 5) is 11.7. The molecule has 0 aromatic rings. The normalized spacial score (nSPS) is 24.1. The Kier molecular flexibility index (Phi) is 7.60. The van der Waals surface area contributed by atoms with E-state index in [1.807, 2.05) is 0 Å². The molecule has 2 heterocycles. The lowest BCUT2D eigenvalue weighted by Crippen LogP contribution is -2.45. The minimum Gasteiger partial charge on any atom is -0.354 e. The van der Waals surface area contributed by atoms with Crippen LogP contribution in [-0.4, -0.2) is 68.1 Å². The number of hydrogen-bond acceptors (Lipinski definition) is 5. The van der Waals surface area contributed by atoms with Crippen molar-refractivity contribution in [2.75, 3.05) is 43.4 Å². The minimum absolute atomic E-state index is 0. The van der Waals surface area contributed by atoms with Gasteiger partial charge in [-0.1, -0.05) is 0 Å². The van der Waals surface area contributed by atoms with Crippen molar-refractivity contribution in [3.8, 4) is 0 Å². The summed E-state index contributed by atoms with van der Waals surface area (Å²) >= 11 is 1.78. The molecule has 0 aromatic carbocycles. The molecule has 0 spiro atoms. The number of carbonyl (C=O) groups is 1. The van der Waals surface area contributed by atoms with Crippen LogP contribution in [0.3, 0.4) is 0 Å². The van der Waals surface area contributed by atoms with E-state index in [0.29, 0.717) is 13.1 Å². The van der Waals surface area contributed by atoms with Gasteiger partial charge >= 0.3 is 0 Å². The quantitative estimate of drug-likeness (QED) is 0.713. The van der Waals surface area contributed by atoms with Gasteiger partial charge in [-0.2, -0.15) is 11.8 Å². The minimum atomic E-state index is -3.22. The van der Waals surface area contributed by atoms with Crippen LogP contribution < -0.4 is 10.6 Å². The smallest absolute Gasteiger partial charge is 0.237 e. The molecule has 0 aliphatic carbocycles. The first-order valence-electron chi connectivity index (χ1n) is 6.66. The Balaban J connectivity index is 0.00000200. The van der Waals surface area contributed by atoms with E-state index in [-0.39, 0.29) is 36.7 Å². The summed E-state index contributed by atoms with van der Waals surface area (Å²) < 4.78 is 25.6. The highest BCUT2D eigenvalue weighted by molar-refractivity contribution is 7.99. The molecular formula is C11H22ClN3O3S2. The molecule has 1 unspecified atom stereocenters. The summed E-state index contributed by atoms with van der Waals surface area (Å²) in [6.07, 6.45) is 1.84. The summed E-state index contributed by atoms with van der Waals surface area (Å²) in [6.45, 7) is 2.24. The van der Waals surface area contributed by atoms with Crippen LogP contribution >= 0.6 is 24.2 Å². The Morgan fingerprint density at radius 1 is 1.35 bits per heavy atom. The van der Waals surface area contributed by atoms with Gasteiger partial charge in [-0.05, 0) is 19.4 Å². The van der Waals surface area contributed by atoms with Crippen LogP contribution in [0.2, 0.25) is 0 Å². The third-order valence-electron chi connectivity index (χ3n) is 3.40. The fraction of sp³-hybridized carbons (Fsp3) is 0.909. The number of sulfonamides is 1. The summed E-state index contributed by atoms with van der Waals surface area (Å²) in [5.41, 5.74) is 0. The van der Waals surface area contributed by atoms with Gasteiger partial charge in [0.15, 0.2) is 0 Å². The van der Waals surface area contributed by atoms with Crippen molar-refractivity contribution in [3.05, 3.63) is 0 Å². The van der Waals surface area contributed by atoms with Gasteiger partial charge in [0.05, 0.1) is 11.8 Å². The highest BCUT2D eigenvalue weighted by Gasteiger charge is 2.25. The number of nitrogens with one attached hydrogen (secondary N) is 2. The molecule has 1 amide bonds. The first kappa shape index (κ1) is 18.0. The van der Waals surface area contributed by atoms with E-state index < -0.39 is 10.0 Å². The zero-order chi connectivity index (χ0) is 13.7. The highest BCUT2D eigenvalue weighted by atomic mass is 35.5. The van der Waals surface area contributed by atoms with Crippen molar-refractivity contribution in [3.63, 3.8) is 0 Å². The van der Waals surface area contributed by atoms with Gasteiger partial charge in [-0.15, -0.1) is 12.4 Å². The van der Waals surface area contributed by atoms with Crippen LogP contribution in [0.4, 0.5) is 0 Å². The maximum absolute atomic E-state index is 12.0. The first-order chi connectivity index (χ1) is 9.09. The van der Waals surface area contributed by atoms with E-state index in [1.165, 1.54) is 4.31 Å². The number of hydrogen-bond donors (Lipinski definition) is 2. The van der Waals surface area contributed by atoms with Gasteiger partial charge in [0, 0.05) is 31.1 Å². The summed E-state index contributed by atoms with van der Waals surface area (Å²) in [5, 5.41) is 5.80. The van der Waals surface area contributed by atoms with Crippen LogP contribution in [0, 0.1) is 0 Å². The summed E-state index contributed by atoms with van der Waals surface area (Å²) in [6, 6.07) is -0.144. The Morgan fingerprint density at radius 2 is 2.05 bits per heavy atom. The average molecular weight is 344 g/mol. The van der Waals surface area contributed by atoms with E-state index in [2.05, 4.69) is 10.6 Å². The van der Waals surface area contributed by atoms with Crippen molar-refractivity contribution >= 4 is 40.1 Å². The van der Waals surface area contributed by atoms with Crippen molar-refractivity contribution in [2.45, 2.75) is 18.9 Å². The van der Waals surface area contributed by atoms with E-state index in [4.69, 9.17) is 0 Å². The second-order valence-electron chi connectivity index (χ2n) is 4.77. The van der Waals surface area contributed by atoms with Gasteiger partial charge in [0.2, 0.25) is 15.9 Å². The lowest BCUT2D eigenvalue weighted by Gasteiger charge is -2.25. The number of amides is 1. The molecule has 2 aliphatic rings. The molecule has 1 atom stereocenters. The predicted molar refractivity (Wildman–Crippen MR) is 84.0 cm³/mol. The zero-order valence-electron chi connectivity index (χ0n) is 11.3. The number of rotatable bonds is 5. The Bertz CT molecular complexity index is 407. The first-order valence-corrected chi connectivity index (χ1v) is 9.43. The summed E-state index contributed by atoms with van der Waals surface area (Å²) in [7, 11) is -3.22. The van der Waals surface area contributed by atoms with Crippen molar-refractivity contribution in [1.29, 1.82) is 0 Å². The van der Waals surface area contributed by atoms with E-state index >= 15 is 0 Å². The molecule has 20 heavy (non-hydrogen) atoms. The lowest BCUT2D eigenvalue weighted by molar-refractivity contribution is -0.122. The predicted octanol–water partition coefficient (Wildman–Crippen LogP) is -0.345. The van der Waals surface area contributed by atoms with E-state index in [9.17, 15) is 13.2 Å². The van der Waals surface area contributed by atoms with Crippen molar-refractivity contribution < 1.29 is 13.2 Å². The fourth-order valence-corrected chi connectivity index (χ4v) is 4.78. The molecule has 0 bridgehead atoms. The van der Waals surface area contributed by atoms with Gasteiger partial charge in [-0.25, -0.2) is 12.7 Å². The molecule has 6 nitrogen and oxygen atoms in total. The number of carbonyl (C=O) groups excluding carboxylic acids is 1. The zero-order valence-corrected chi connectivity index (χ0v) is 13.8. The van der Waals surface area contributed by atoms with Gasteiger partial charge in [-0.3, -0.25) is 4.79 Å². The average Bonchev–Trinajstić information content (AvgIpc) is 2.93. The molecule has 0 saturated carbocycles. The molecule has 2 rings (SSSR count). The number of halogens is 1. The molecule has 118 valence electrons. The Hall–Kier alpha value is -0.0200. The molecule has 2 saturated heterocycles.